The van der Waals surface area contributed by atoms with Crippen molar-refractivity contribution >= 4 is 27.5 Å². The highest BCUT2D eigenvalue weighted by atomic mass is 15.0. The molecule has 11 aromatic rings. The van der Waals surface area contributed by atoms with E-state index >= 15 is 0 Å². The lowest BCUT2D eigenvalue weighted by Crippen LogP contribution is -2.02. The van der Waals surface area contributed by atoms with Gasteiger partial charge in [-0.1, -0.05) is 176 Å². The average molecular weight is 805 g/mol. The third-order valence-electron chi connectivity index (χ3n) is 11.4. The van der Waals surface area contributed by atoms with E-state index in [9.17, 15) is 0 Å². The number of hydrogen-bond acceptors (Lipinski definition) is 4. The van der Waals surface area contributed by atoms with Crippen molar-refractivity contribution < 1.29 is 0 Å². The minimum Gasteiger partial charge on any atom is -0.309 e. The Balaban J connectivity index is 1.21. The number of aromatic nitrogens is 5. The van der Waals surface area contributed by atoms with Gasteiger partial charge in [-0.3, -0.25) is 0 Å². The van der Waals surface area contributed by atoms with Crippen LogP contribution in [0.3, 0.4) is 0 Å². The van der Waals surface area contributed by atoms with Gasteiger partial charge in [-0.15, -0.1) is 0 Å². The Bertz CT molecular complexity index is 3390. The molecule has 0 aliphatic carbocycles. The van der Waals surface area contributed by atoms with Crippen molar-refractivity contribution in [2.45, 2.75) is 0 Å². The van der Waals surface area contributed by atoms with Gasteiger partial charge in [0.15, 0.2) is 17.3 Å². The van der Waals surface area contributed by atoms with E-state index in [1.807, 2.05) is 103 Å². The van der Waals surface area contributed by atoms with Crippen LogP contribution >= 0.6 is 0 Å². The second-order valence-electron chi connectivity index (χ2n) is 15.4. The Labute approximate surface area is 365 Å². The molecule has 0 bridgehead atoms. The maximum Gasteiger partial charge on any atom is 0.187 e. The van der Waals surface area contributed by atoms with E-state index in [0.717, 1.165) is 94.8 Å². The van der Waals surface area contributed by atoms with Gasteiger partial charge in [0, 0.05) is 44.2 Å². The SMILES string of the molecule is [C-]#[N+]c1cccc(-c2ccc3c4ccccc4n(-c4ccc(-c5cc(-c6ccccc6)nc(-c6ccccc6)n5)cc4-c4cc(-c5ccccc5)nc(-c5ccccc5)n4)c3c2)c1. The van der Waals surface area contributed by atoms with E-state index in [2.05, 4.69) is 125 Å². The highest BCUT2D eigenvalue weighted by Crippen LogP contribution is 2.41. The number of nitrogens with zero attached hydrogens (tertiary/aromatic N) is 6. The number of fused-ring (bicyclic) bond motifs is 3. The molecule has 0 saturated carbocycles. The molecule has 0 amide bonds. The summed E-state index contributed by atoms with van der Waals surface area (Å²) in [5.74, 6) is 1.28. The summed E-state index contributed by atoms with van der Waals surface area (Å²) < 4.78 is 2.35. The Kier molecular flexibility index (Phi) is 9.45. The topological polar surface area (TPSA) is 60.9 Å². The summed E-state index contributed by atoms with van der Waals surface area (Å²) in [5, 5.41) is 2.26. The minimum atomic E-state index is 0.605. The van der Waals surface area contributed by atoms with Gasteiger partial charge < -0.3 is 4.57 Å². The lowest BCUT2D eigenvalue weighted by Gasteiger charge is -2.17. The average Bonchev–Trinajstić information content (AvgIpc) is 3.70. The largest absolute Gasteiger partial charge is 0.309 e. The predicted octanol–water partition coefficient (Wildman–Crippen LogP) is 14.6. The zero-order valence-electron chi connectivity index (χ0n) is 34.0. The summed E-state index contributed by atoms with van der Waals surface area (Å²) in [5.41, 5.74) is 14.6. The third kappa shape index (κ3) is 7.10. The van der Waals surface area contributed by atoms with Crippen LogP contribution in [-0.4, -0.2) is 24.5 Å². The van der Waals surface area contributed by atoms with E-state index in [4.69, 9.17) is 26.5 Å². The van der Waals surface area contributed by atoms with Crippen molar-refractivity contribution in [2.75, 3.05) is 0 Å². The molecule has 0 N–H and O–H groups in total. The van der Waals surface area contributed by atoms with Crippen LogP contribution < -0.4 is 0 Å². The molecule has 0 unspecified atom stereocenters. The van der Waals surface area contributed by atoms with Gasteiger partial charge in [0.05, 0.1) is 46.1 Å². The molecule has 63 heavy (non-hydrogen) atoms. The Morgan fingerprint density at radius 1 is 0.333 bits per heavy atom. The first-order valence-corrected chi connectivity index (χ1v) is 20.8. The molecule has 0 spiro atoms. The summed E-state index contributed by atoms with van der Waals surface area (Å²) in [4.78, 5) is 24.6. The smallest absolute Gasteiger partial charge is 0.187 e. The molecule has 0 aliphatic rings. The molecular weight excluding hydrogens is 769 g/mol. The van der Waals surface area contributed by atoms with Crippen LogP contribution in [0.1, 0.15) is 0 Å². The van der Waals surface area contributed by atoms with Gasteiger partial charge in [-0.05, 0) is 53.6 Å². The first kappa shape index (κ1) is 37.2. The van der Waals surface area contributed by atoms with Crippen LogP contribution in [0.15, 0.2) is 218 Å². The molecule has 0 aliphatic heterocycles. The van der Waals surface area contributed by atoms with Gasteiger partial charge in [0.1, 0.15) is 0 Å². The molecule has 0 radical (unpaired) electrons. The molecule has 0 fully saturated rings. The quantitative estimate of drug-likeness (QED) is 0.144. The van der Waals surface area contributed by atoms with Crippen molar-refractivity contribution in [3.63, 3.8) is 0 Å². The predicted molar refractivity (Wildman–Crippen MR) is 256 cm³/mol. The monoisotopic (exact) mass is 804 g/mol. The standard InChI is InChI=1S/C57H36N6/c1-58-45-26-16-25-42(33-45)43-29-31-47-46-27-14-15-28-53(46)63(55(47)35-43)54-32-30-44(51-36-49(38-17-6-2-7-18-38)59-56(61-51)40-21-10-4-11-22-40)34-48(54)52-37-50(39-19-8-3-9-20-39)60-57(62-52)41-23-12-5-13-24-41/h2-37H. The number of rotatable bonds is 8. The minimum absolute atomic E-state index is 0.605. The second kappa shape index (κ2) is 16.0. The summed E-state index contributed by atoms with van der Waals surface area (Å²) in [6, 6.07) is 74.6. The van der Waals surface area contributed by atoms with E-state index in [-0.39, 0.29) is 0 Å². The van der Waals surface area contributed by atoms with Crippen LogP contribution in [0.2, 0.25) is 0 Å². The summed E-state index contributed by atoms with van der Waals surface area (Å²) in [6.45, 7) is 7.69. The zero-order valence-corrected chi connectivity index (χ0v) is 34.0. The van der Waals surface area contributed by atoms with Crippen molar-refractivity contribution in [3.8, 4) is 84.6 Å². The fourth-order valence-corrected chi connectivity index (χ4v) is 8.39. The number of benzene rings is 8. The van der Waals surface area contributed by atoms with Gasteiger partial charge >= 0.3 is 0 Å². The maximum atomic E-state index is 7.69. The molecule has 294 valence electrons. The normalized spacial score (nSPS) is 11.2. The lowest BCUT2D eigenvalue weighted by molar-refractivity contribution is 1.15. The molecule has 6 heteroatoms. The fraction of sp³-hybridized carbons (Fsp3) is 0. The first-order chi connectivity index (χ1) is 31.2. The first-order valence-electron chi connectivity index (χ1n) is 20.8. The van der Waals surface area contributed by atoms with Crippen molar-refractivity contribution in [3.05, 3.63) is 230 Å². The van der Waals surface area contributed by atoms with E-state index in [0.29, 0.717) is 17.3 Å². The molecule has 6 nitrogen and oxygen atoms in total. The molecule has 0 atom stereocenters. The van der Waals surface area contributed by atoms with Crippen LogP contribution in [-0.2, 0) is 0 Å². The van der Waals surface area contributed by atoms with Crippen molar-refractivity contribution in [1.82, 2.24) is 24.5 Å². The van der Waals surface area contributed by atoms with Crippen LogP contribution in [0.4, 0.5) is 5.69 Å². The Morgan fingerprint density at radius 2 is 0.810 bits per heavy atom. The highest BCUT2D eigenvalue weighted by Gasteiger charge is 2.21. The molecule has 3 heterocycles. The molecule has 8 aromatic carbocycles. The van der Waals surface area contributed by atoms with Gasteiger partial charge in [-0.25, -0.2) is 24.8 Å². The zero-order chi connectivity index (χ0) is 42.1. The number of para-hydroxylation sites is 1. The summed E-state index contributed by atoms with van der Waals surface area (Å²) in [7, 11) is 0. The van der Waals surface area contributed by atoms with Crippen LogP contribution in [0, 0.1) is 6.57 Å². The van der Waals surface area contributed by atoms with Gasteiger partial charge in [0.2, 0.25) is 0 Å². The Morgan fingerprint density at radius 3 is 1.43 bits per heavy atom. The van der Waals surface area contributed by atoms with Gasteiger partial charge in [-0.2, -0.15) is 0 Å². The van der Waals surface area contributed by atoms with E-state index < -0.39 is 0 Å². The van der Waals surface area contributed by atoms with E-state index in [1.165, 1.54) is 0 Å². The molecule has 3 aromatic heterocycles. The lowest BCUT2D eigenvalue weighted by atomic mass is 9.99. The fourth-order valence-electron chi connectivity index (χ4n) is 8.39. The van der Waals surface area contributed by atoms with E-state index in [1.54, 1.807) is 0 Å². The molecular formula is C57H36N6. The maximum absolute atomic E-state index is 7.69. The highest BCUT2D eigenvalue weighted by molar-refractivity contribution is 6.11. The number of hydrogen-bond donors (Lipinski definition) is 0. The van der Waals surface area contributed by atoms with Crippen molar-refractivity contribution in [1.29, 1.82) is 0 Å². The van der Waals surface area contributed by atoms with Crippen molar-refractivity contribution in [2.24, 2.45) is 0 Å². The van der Waals surface area contributed by atoms with Crippen LogP contribution in [0.25, 0.3) is 111 Å². The summed E-state index contributed by atoms with van der Waals surface area (Å²) >= 11 is 0. The third-order valence-corrected chi connectivity index (χ3v) is 11.4. The van der Waals surface area contributed by atoms with Gasteiger partial charge in [0.25, 0.3) is 0 Å². The second-order valence-corrected chi connectivity index (χ2v) is 15.4. The summed E-state index contributed by atoms with van der Waals surface area (Å²) in [6.07, 6.45) is 0. The molecule has 0 saturated heterocycles. The Hall–Kier alpha value is -8.79. The van der Waals surface area contributed by atoms with Crippen LogP contribution in [0.5, 0.6) is 0 Å². The molecule has 11 rings (SSSR count).